The Labute approximate surface area is 160 Å². The van der Waals surface area contributed by atoms with Crippen molar-refractivity contribution in [1.29, 1.82) is 0 Å². The fourth-order valence-corrected chi connectivity index (χ4v) is 3.84. The highest BCUT2D eigenvalue weighted by Crippen LogP contribution is 2.36. The molecule has 1 aromatic rings. The van der Waals surface area contributed by atoms with Gasteiger partial charge in [-0.15, -0.1) is 0 Å². The fraction of sp³-hybridized carbons (Fsp3) is 0.524. The van der Waals surface area contributed by atoms with Crippen molar-refractivity contribution in [3.05, 3.63) is 47.5 Å². The number of fused-ring (bicyclic) bond motifs is 2. The number of carbonyl (C=O) groups is 2. The van der Waals surface area contributed by atoms with Crippen molar-refractivity contribution >= 4 is 12.1 Å². The molecule has 27 heavy (non-hydrogen) atoms. The Morgan fingerprint density at radius 2 is 1.89 bits per heavy atom. The van der Waals surface area contributed by atoms with Crippen LogP contribution in [0.1, 0.15) is 32.8 Å². The van der Waals surface area contributed by atoms with Crippen molar-refractivity contribution in [3.63, 3.8) is 0 Å². The molecular weight excluding hydrogens is 344 g/mol. The Bertz CT molecular complexity index is 723. The summed E-state index contributed by atoms with van der Waals surface area (Å²) in [6.07, 6.45) is 1.89. The number of amides is 1. The van der Waals surface area contributed by atoms with Gasteiger partial charge in [-0.25, -0.2) is 9.59 Å². The molecule has 2 bridgehead atoms. The average molecular weight is 372 g/mol. The van der Waals surface area contributed by atoms with Gasteiger partial charge in [0.2, 0.25) is 0 Å². The van der Waals surface area contributed by atoms with Crippen LogP contribution in [0.3, 0.4) is 0 Å². The molecular formula is C21H28N2O4. The zero-order valence-electron chi connectivity index (χ0n) is 16.5. The molecule has 2 heterocycles. The van der Waals surface area contributed by atoms with Gasteiger partial charge in [0.05, 0.1) is 19.2 Å². The highest BCUT2D eigenvalue weighted by atomic mass is 16.6. The third kappa shape index (κ3) is 4.69. The van der Waals surface area contributed by atoms with Crippen molar-refractivity contribution < 1.29 is 19.1 Å². The van der Waals surface area contributed by atoms with Crippen LogP contribution in [0.2, 0.25) is 0 Å². The summed E-state index contributed by atoms with van der Waals surface area (Å²) in [5.74, 6) is -0.378. The zero-order valence-corrected chi connectivity index (χ0v) is 16.5. The fourth-order valence-electron chi connectivity index (χ4n) is 3.84. The summed E-state index contributed by atoms with van der Waals surface area (Å²) in [5, 5.41) is 0. The van der Waals surface area contributed by atoms with Crippen molar-refractivity contribution in [3.8, 4) is 0 Å². The average Bonchev–Trinajstić information content (AvgIpc) is 2.81. The van der Waals surface area contributed by atoms with E-state index in [1.165, 1.54) is 18.7 Å². The molecule has 2 atom stereocenters. The van der Waals surface area contributed by atoms with Crippen LogP contribution in [0.25, 0.3) is 0 Å². The molecule has 3 rings (SSSR count). The smallest absolute Gasteiger partial charge is 0.411 e. The summed E-state index contributed by atoms with van der Waals surface area (Å²) in [6, 6.07) is 10.1. The minimum Gasteiger partial charge on any atom is -0.466 e. The van der Waals surface area contributed by atoms with Gasteiger partial charge in [-0.2, -0.15) is 0 Å². The molecule has 0 saturated carbocycles. The quantitative estimate of drug-likeness (QED) is 0.603. The second-order valence-corrected chi connectivity index (χ2v) is 8.18. The van der Waals surface area contributed by atoms with Crippen LogP contribution in [0.4, 0.5) is 4.79 Å². The van der Waals surface area contributed by atoms with Gasteiger partial charge in [-0.1, -0.05) is 30.3 Å². The van der Waals surface area contributed by atoms with Crippen molar-refractivity contribution in [1.82, 2.24) is 9.80 Å². The summed E-state index contributed by atoms with van der Waals surface area (Å²) < 4.78 is 10.4. The normalized spacial score (nSPS) is 24.1. The molecule has 6 nitrogen and oxygen atoms in total. The zero-order chi connectivity index (χ0) is 19.6. The van der Waals surface area contributed by atoms with E-state index in [2.05, 4.69) is 17.0 Å². The Kier molecular flexibility index (Phi) is 5.56. The van der Waals surface area contributed by atoms with E-state index in [0.29, 0.717) is 13.0 Å². The minimum absolute atomic E-state index is 0.00165. The first-order valence-electron chi connectivity index (χ1n) is 9.33. The van der Waals surface area contributed by atoms with E-state index >= 15 is 0 Å². The van der Waals surface area contributed by atoms with Gasteiger partial charge in [0.1, 0.15) is 5.60 Å². The van der Waals surface area contributed by atoms with Gasteiger partial charge in [0, 0.05) is 25.7 Å². The van der Waals surface area contributed by atoms with Crippen molar-refractivity contribution in [2.45, 2.75) is 51.4 Å². The monoisotopic (exact) mass is 372 g/mol. The SMILES string of the molecule is COC(=O)C=C1C[C@@H]2CN(Cc3ccccc3)C[C@H]1N2C(=O)OC(C)(C)C. The number of esters is 1. The van der Waals surface area contributed by atoms with Crippen molar-refractivity contribution in [2.24, 2.45) is 0 Å². The molecule has 2 fully saturated rings. The number of nitrogens with zero attached hydrogens (tertiary/aromatic N) is 2. The number of piperazine rings is 1. The first kappa shape index (κ1) is 19.4. The Hall–Kier alpha value is -2.34. The maximum atomic E-state index is 12.8. The molecule has 2 saturated heterocycles. The number of likely N-dealkylation sites (tertiary alicyclic amines) is 1. The molecule has 2 aliphatic rings. The van der Waals surface area contributed by atoms with E-state index in [1.54, 1.807) is 0 Å². The van der Waals surface area contributed by atoms with E-state index in [4.69, 9.17) is 9.47 Å². The van der Waals surface area contributed by atoms with E-state index in [0.717, 1.165) is 18.7 Å². The predicted molar refractivity (Wildman–Crippen MR) is 102 cm³/mol. The largest absolute Gasteiger partial charge is 0.466 e. The number of ether oxygens (including phenoxy) is 2. The molecule has 1 aromatic carbocycles. The first-order valence-corrected chi connectivity index (χ1v) is 9.33. The number of methoxy groups -OCH3 is 1. The van der Waals surface area contributed by atoms with Crippen LogP contribution < -0.4 is 0 Å². The van der Waals surface area contributed by atoms with Gasteiger partial charge in [0.25, 0.3) is 0 Å². The lowest BCUT2D eigenvalue weighted by Gasteiger charge is -2.41. The Morgan fingerprint density at radius 3 is 2.52 bits per heavy atom. The maximum Gasteiger partial charge on any atom is 0.411 e. The van der Waals surface area contributed by atoms with Crippen LogP contribution in [0.15, 0.2) is 42.0 Å². The minimum atomic E-state index is -0.552. The van der Waals surface area contributed by atoms with Gasteiger partial charge < -0.3 is 9.47 Å². The van der Waals surface area contributed by atoms with E-state index in [1.807, 2.05) is 43.9 Å². The molecule has 1 amide bonds. The highest BCUT2D eigenvalue weighted by molar-refractivity contribution is 5.83. The molecule has 2 aliphatic heterocycles. The lowest BCUT2D eigenvalue weighted by Crippen LogP contribution is -2.56. The topological polar surface area (TPSA) is 59.1 Å². The second-order valence-electron chi connectivity index (χ2n) is 8.18. The third-order valence-electron chi connectivity index (χ3n) is 4.89. The van der Waals surface area contributed by atoms with Gasteiger partial charge in [0.15, 0.2) is 0 Å². The summed E-state index contributed by atoms with van der Waals surface area (Å²) in [7, 11) is 1.37. The van der Waals surface area contributed by atoms with E-state index in [9.17, 15) is 9.59 Å². The van der Waals surface area contributed by atoms with Crippen LogP contribution in [0, 0.1) is 0 Å². The van der Waals surface area contributed by atoms with E-state index < -0.39 is 5.60 Å². The Balaban J connectivity index is 1.80. The molecule has 0 radical (unpaired) electrons. The van der Waals surface area contributed by atoms with Crippen molar-refractivity contribution in [2.75, 3.05) is 20.2 Å². The summed E-state index contributed by atoms with van der Waals surface area (Å²) in [5.41, 5.74) is 1.62. The maximum absolute atomic E-state index is 12.8. The molecule has 146 valence electrons. The first-order chi connectivity index (χ1) is 12.8. The van der Waals surface area contributed by atoms with Gasteiger partial charge in [-0.05, 0) is 38.3 Å². The van der Waals surface area contributed by atoms with Crippen LogP contribution in [-0.2, 0) is 20.8 Å². The predicted octanol–water partition coefficient (Wildman–Crippen LogP) is 2.98. The summed E-state index contributed by atoms with van der Waals surface area (Å²) in [6.45, 7) is 7.84. The lowest BCUT2D eigenvalue weighted by molar-refractivity contribution is -0.134. The lowest BCUT2D eigenvalue weighted by atomic mass is 10.1. The number of benzene rings is 1. The van der Waals surface area contributed by atoms with Crippen LogP contribution >= 0.6 is 0 Å². The molecule has 0 spiro atoms. The third-order valence-corrected chi connectivity index (χ3v) is 4.89. The summed E-state index contributed by atoms with van der Waals surface area (Å²) >= 11 is 0. The summed E-state index contributed by atoms with van der Waals surface area (Å²) in [4.78, 5) is 28.7. The molecule has 0 N–H and O–H groups in total. The molecule has 0 aliphatic carbocycles. The van der Waals surface area contributed by atoms with Gasteiger partial charge in [-0.3, -0.25) is 9.80 Å². The molecule has 0 aromatic heterocycles. The van der Waals surface area contributed by atoms with Crippen LogP contribution in [0.5, 0.6) is 0 Å². The number of rotatable bonds is 3. The standard InChI is InChI=1S/C21H28N2O4/c1-21(2,3)27-20(25)23-17-10-16(11-19(24)26-4)18(23)14-22(13-17)12-15-8-6-5-7-9-15/h5-9,11,17-18H,10,12-14H2,1-4H3/t17-,18-/m1/s1. The van der Waals surface area contributed by atoms with E-state index in [-0.39, 0.29) is 24.1 Å². The molecule has 6 heteroatoms. The Morgan fingerprint density at radius 1 is 1.19 bits per heavy atom. The second kappa shape index (κ2) is 7.72. The molecule has 0 unspecified atom stereocenters. The highest BCUT2D eigenvalue weighted by Gasteiger charge is 2.47. The number of hydrogen-bond acceptors (Lipinski definition) is 5. The van der Waals surface area contributed by atoms with Crippen LogP contribution in [-0.4, -0.2) is 59.7 Å². The number of carbonyl (C=O) groups excluding carboxylic acids is 2. The number of hydrogen-bond donors (Lipinski definition) is 0. The van der Waals surface area contributed by atoms with Gasteiger partial charge >= 0.3 is 12.1 Å².